The molecule has 0 unspecified atom stereocenters. The van der Waals surface area contributed by atoms with Crippen LogP contribution in [-0.4, -0.2) is 26.8 Å². The van der Waals surface area contributed by atoms with Gasteiger partial charge in [-0.2, -0.15) is 5.10 Å². The van der Waals surface area contributed by atoms with Gasteiger partial charge in [-0.25, -0.2) is 4.39 Å². The number of Topliss-reactive ketones (excluding diaryl/α,β-unsaturated/α-hetero) is 1. The minimum Gasteiger partial charge on any atom is -0.353 e. The lowest BCUT2D eigenvalue weighted by Crippen LogP contribution is -2.01. The third-order valence-corrected chi connectivity index (χ3v) is 3.51. The summed E-state index contributed by atoms with van der Waals surface area (Å²) in [4.78, 5) is 25.5. The number of aromatic amines is 1. The monoisotopic (exact) mass is 299 g/mol. The van der Waals surface area contributed by atoms with Crippen molar-refractivity contribution < 1.29 is 14.0 Å². The highest BCUT2D eigenvalue weighted by molar-refractivity contribution is 5.96. The number of aryl methyl sites for hydroxylation is 1. The fraction of sp³-hybridized carbons (Fsp3) is 0.188. The maximum Gasteiger partial charge on any atom is 0.183 e. The summed E-state index contributed by atoms with van der Waals surface area (Å²) in [5.74, 6) is -0.469. The van der Waals surface area contributed by atoms with Crippen LogP contribution in [0.25, 0.3) is 22.3 Å². The first kappa shape index (κ1) is 14.2. The highest BCUT2D eigenvalue weighted by Gasteiger charge is 2.15. The lowest BCUT2D eigenvalue weighted by molar-refractivity contribution is -0.107. The summed E-state index contributed by atoms with van der Waals surface area (Å²) in [6.45, 7) is 0. The smallest absolute Gasteiger partial charge is 0.183 e. The molecule has 0 fully saturated rings. The molecular weight excluding hydrogens is 285 g/mol. The Morgan fingerprint density at radius 3 is 2.95 bits per heavy atom. The van der Waals surface area contributed by atoms with E-state index in [1.165, 1.54) is 12.1 Å². The number of nitrogens with one attached hydrogen (secondary N) is 1. The summed E-state index contributed by atoms with van der Waals surface area (Å²) in [6, 6.07) is 7.99. The number of aromatic nitrogens is 3. The van der Waals surface area contributed by atoms with Crippen molar-refractivity contribution in [2.24, 2.45) is 7.05 Å². The highest BCUT2D eigenvalue weighted by atomic mass is 19.1. The molecule has 0 spiro atoms. The first-order chi connectivity index (χ1) is 10.6. The van der Waals surface area contributed by atoms with Crippen molar-refractivity contribution >= 4 is 23.0 Å². The number of nitrogens with zero attached hydrogens (tertiary/aromatic N) is 2. The molecule has 2 heterocycles. The van der Waals surface area contributed by atoms with Gasteiger partial charge in [0.1, 0.15) is 17.8 Å². The van der Waals surface area contributed by atoms with E-state index < -0.39 is 0 Å². The molecule has 0 bridgehead atoms. The van der Waals surface area contributed by atoms with E-state index in [0.29, 0.717) is 12.0 Å². The van der Waals surface area contributed by atoms with Crippen LogP contribution in [0.4, 0.5) is 4.39 Å². The molecule has 0 radical (unpaired) electrons. The van der Waals surface area contributed by atoms with Gasteiger partial charge in [0.2, 0.25) is 0 Å². The van der Waals surface area contributed by atoms with Gasteiger partial charge in [0.15, 0.2) is 5.78 Å². The number of carbonyl (C=O) groups is 2. The van der Waals surface area contributed by atoms with Gasteiger partial charge in [0, 0.05) is 30.8 Å². The average molecular weight is 299 g/mol. The van der Waals surface area contributed by atoms with Crippen LogP contribution in [0.15, 0.2) is 30.3 Å². The Morgan fingerprint density at radius 1 is 1.36 bits per heavy atom. The third-order valence-electron chi connectivity index (χ3n) is 3.51. The largest absolute Gasteiger partial charge is 0.353 e. The lowest BCUT2D eigenvalue weighted by Gasteiger charge is -1.96. The van der Waals surface area contributed by atoms with Gasteiger partial charge in [-0.3, -0.25) is 9.48 Å². The average Bonchev–Trinajstić information content (AvgIpc) is 3.07. The first-order valence-electron chi connectivity index (χ1n) is 6.88. The SMILES string of the molecule is Cn1nc(C(=O)CCC=O)cc1-c1cc2cc(F)ccc2[nH]1. The molecule has 5 nitrogen and oxygen atoms in total. The topological polar surface area (TPSA) is 67.8 Å². The summed E-state index contributed by atoms with van der Waals surface area (Å²) in [7, 11) is 1.73. The number of fused-ring (bicyclic) bond motifs is 1. The van der Waals surface area contributed by atoms with Crippen LogP contribution in [0, 0.1) is 5.82 Å². The normalized spacial score (nSPS) is 11.0. The Hall–Kier alpha value is -2.76. The molecule has 0 saturated carbocycles. The number of H-pyrrole nitrogens is 1. The zero-order valence-electron chi connectivity index (χ0n) is 12.0. The van der Waals surface area contributed by atoms with Crippen molar-refractivity contribution in [3.63, 3.8) is 0 Å². The van der Waals surface area contributed by atoms with Gasteiger partial charge < -0.3 is 9.78 Å². The van der Waals surface area contributed by atoms with Crippen LogP contribution in [0.3, 0.4) is 0 Å². The molecule has 0 amide bonds. The van der Waals surface area contributed by atoms with Gasteiger partial charge in [-0.1, -0.05) is 0 Å². The highest BCUT2D eigenvalue weighted by Crippen LogP contribution is 2.25. The molecule has 22 heavy (non-hydrogen) atoms. The van der Waals surface area contributed by atoms with Gasteiger partial charge in [-0.05, 0) is 30.3 Å². The van der Waals surface area contributed by atoms with Crippen LogP contribution in [0.1, 0.15) is 23.3 Å². The third kappa shape index (κ3) is 2.55. The van der Waals surface area contributed by atoms with Crippen LogP contribution < -0.4 is 0 Å². The van der Waals surface area contributed by atoms with E-state index in [-0.39, 0.29) is 24.4 Å². The summed E-state index contributed by atoms with van der Waals surface area (Å²) >= 11 is 0. The van der Waals surface area contributed by atoms with E-state index in [1.54, 1.807) is 23.9 Å². The van der Waals surface area contributed by atoms with Crippen LogP contribution in [0.2, 0.25) is 0 Å². The number of hydrogen-bond acceptors (Lipinski definition) is 3. The quantitative estimate of drug-likeness (QED) is 0.582. The van der Waals surface area contributed by atoms with Gasteiger partial charge >= 0.3 is 0 Å². The molecule has 0 atom stereocenters. The zero-order valence-corrected chi connectivity index (χ0v) is 12.0. The molecule has 1 N–H and O–H groups in total. The fourth-order valence-corrected chi connectivity index (χ4v) is 2.42. The summed E-state index contributed by atoms with van der Waals surface area (Å²) in [5, 5.41) is 4.94. The Kier molecular flexibility index (Phi) is 3.58. The van der Waals surface area contributed by atoms with Crippen molar-refractivity contribution in [3.8, 4) is 11.4 Å². The van der Waals surface area contributed by atoms with Gasteiger partial charge in [-0.15, -0.1) is 0 Å². The van der Waals surface area contributed by atoms with Crippen LogP contribution in [-0.2, 0) is 11.8 Å². The molecule has 0 saturated heterocycles. The summed E-state index contributed by atoms with van der Waals surface area (Å²) in [5.41, 5.74) is 2.62. The summed E-state index contributed by atoms with van der Waals surface area (Å²) in [6.07, 6.45) is 1.06. The van der Waals surface area contributed by atoms with Crippen molar-refractivity contribution in [2.45, 2.75) is 12.8 Å². The lowest BCUT2D eigenvalue weighted by atomic mass is 10.1. The maximum atomic E-state index is 13.3. The molecule has 112 valence electrons. The van der Waals surface area contributed by atoms with E-state index in [1.807, 2.05) is 6.07 Å². The van der Waals surface area contributed by atoms with Crippen molar-refractivity contribution in [2.75, 3.05) is 0 Å². The first-order valence-corrected chi connectivity index (χ1v) is 6.88. The molecule has 3 rings (SSSR count). The Balaban J connectivity index is 1.98. The number of rotatable bonds is 5. The molecule has 1 aromatic carbocycles. The minimum absolute atomic E-state index is 0.151. The predicted molar refractivity (Wildman–Crippen MR) is 80.1 cm³/mol. The van der Waals surface area contributed by atoms with E-state index >= 15 is 0 Å². The summed E-state index contributed by atoms with van der Waals surface area (Å²) < 4.78 is 14.8. The van der Waals surface area contributed by atoms with E-state index in [9.17, 15) is 14.0 Å². The number of ketones is 1. The number of aldehydes is 1. The van der Waals surface area contributed by atoms with Crippen LogP contribution in [0.5, 0.6) is 0 Å². The Bertz CT molecular complexity index is 864. The second-order valence-electron chi connectivity index (χ2n) is 5.08. The second-order valence-corrected chi connectivity index (χ2v) is 5.08. The Labute approximate surface area is 125 Å². The van der Waals surface area contributed by atoms with Crippen molar-refractivity contribution in [1.29, 1.82) is 0 Å². The van der Waals surface area contributed by atoms with E-state index in [4.69, 9.17) is 0 Å². The zero-order chi connectivity index (χ0) is 15.7. The molecule has 0 aliphatic rings. The van der Waals surface area contributed by atoms with Crippen LogP contribution >= 0.6 is 0 Å². The molecule has 2 aromatic heterocycles. The fourth-order valence-electron chi connectivity index (χ4n) is 2.42. The molecule has 0 aliphatic heterocycles. The Morgan fingerprint density at radius 2 is 2.18 bits per heavy atom. The maximum absolute atomic E-state index is 13.3. The van der Waals surface area contributed by atoms with Gasteiger partial charge in [0.05, 0.1) is 11.4 Å². The van der Waals surface area contributed by atoms with E-state index in [0.717, 1.165) is 22.3 Å². The van der Waals surface area contributed by atoms with Crippen molar-refractivity contribution in [1.82, 2.24) is 14.8 Å². The molecule has 0 aliphatic carbocycles. The predicted octanol–water partition coefficient (Wildman–Crippen LogP) is 2.87. The second kappa shape index (κ2) is 5.55. The number of carbonyl (C=O) groups excluding carboxylic acids is 2. The number of benzene rings is 1. The molecule has 3 aromatic rings. The standard InChI is InChI=1S/C16H14FN3O2/c1-20-15(9-14(19-20)16(22)3-2-6-21)13-8-10-7-11(17)4-5-12(10)18-13/h4-9,18H,2-3H2,1H3. The van der Waals surface area contributed by atoms with E-state index in [2.05, 4.69) is 10.1 Å². The minimum atomic E-state index is -0.298. The number of halogens is 1. The number of hydrogen-bond donors (Lipinski definition) is 1. The van der Waals surface area contributed by atoms with Crippen molar-refractivity contribution in [3.05, 3.63) is 41.8 Å². The molecule has 6 heteroatoms. The van der Waals surface area contributed by atoms with Gasteiger partial charge in [0.25, 0.3) is 0 Å². The molecular formula is C16H14FN3O2.